The molecule has 0 atom stereocenters. The fourth-order valence-corrected chi connectivity index (χ4v) is 4.87. The van der Waals surface area contributed by atoms with E-state index in [9.17, 15) is 18.8 Å². The number of nitrogens with one attached hydrogen (secondary N) is 1. The minimum absolute atomic E-state index is 0.103. The van der Waals surface area contributed by atoms with Gasteiger partial charge in [0.25, 0.3) is 11.8 Å². The highest BCUT2D eigenvalue weighted by Crippen LogP contribution is 2.35. The molecule has 35 heavy (non-hydrogen) atoms. The van der Waals surface area contributed by atoms with Crippen LogP contribution >= 0.6 is 39.9 Å². The van der Waals surface area contributed by atoms with Gasteiger partial charge in [0, 0.05) is 28.7 Å². The average Bonchev–Trinajstić information content (AvgIpc) is 3.07. The molecule has 2 aromatic carbocycles. The number of aliphatic carboxylic acids is 1. The van der Waals surface area contributed by atoms with Crippen LogP contribution in [0, 0.1) is 5.82 Å². The van der Waals surface area contributed by atoms with Crippen LogP contribution in [0.3, 0.4) is 0 Å². The summed E-state index contributed by atoms with van der Waals surface area (Å²) in [6, 6.07) is 10.6. The van der Waals surface area contributed by atoms with Crippen LogP contribution in [0.15, 0.2) is 51.8 Å². The van der Waals surface area contributed by atoms with Crippen LogP contribution in [0.1, 0.15) is 31.2 Å². The van der Waals surface area contributed by atoms with Crippen LogP contribution in [-0.4, -0.2) is 45.3 Å². The van der Waals surface area contributed by atoms with Crippen molar-refractivity contribution in [2.45, 2.75) is 25.7 Å². The molecule has 2 N–H and O–H groups in total. The fourth-order valence-electron chi connectivity index (χ4n) is 3.19. The highest BCUT2D eigenvalue weighted by atomic mass is 79.9. The van der Waals surface area contributed by atoms with Crippen molar-refractivity contribution in [2.24, 2.45) is 0 Å². The Morgan fingerprint density at radius 2 is 1.91 bits per heavy atom. The fraction of sp³-hybridized carbons (Fsp3) is 0.250. The lowest BCUT2D eigenvalue weighted by Crippen LogP contribution is -2.29. The number of ether oxygens (including phenoxy) is 1. The molecule has 0 aliphatic carbocycles. The van der Waals surface area contributed by atoms with Crippen molar-refractivity contribution in [1.29, 1.82) is 0 Å². The summed E-state index contributed by atoms with van der Waals surface area (Å²) in [5.74, 6) is -1.47. The van der Waals surface area contributed by atoms with Crippen molar-refractivity contribution in [3.05, 3.63) is 63.2 Å². The molecular formula is C24H22BrFN2O5S2. The number of anilines is 1. The van der Waals surface area contributed by atoms with Gasteiger partial charge in [-0.15, -0.1) is 0 Å². The average molecular weight is 581 g/mol. The monoisotopic (exact) mass is 580 g/mol. The molecule has 11 heteroatoms. The number of rotatable bonds is 11. The van der Waals surface area contributed by atoms with E-state index < -0.39 is 17.7 Å². The number of nitrogens with zero attached hydrogens (tertiary/aromatic N) is 1. The lowest BCUT2D eigenvalue weighted by molar-refractivity contribution is -0.137. The second-order valence-electron chi connectivity index (χ2n) is 7.56. The van der Waals surface area contributed by atoms with Crippen LogP contribution in [0.2, 0.25) is 0 Å². The smallest absolute Gasteiger partial charge is 0.303 e. The number of hydrogen-bond donors (Lipinski definition) is 2. The predicted octanol–water partition coefficient (Wildman–Crippen LogP) is 5.45. The van der Waals surface area contributed by atoms with Gasteiger partial charge in [0.2, 0.25) is 0 Å². The van der Waals surface area contributed by atoms with Gasteiger partial charge in [-0.1, -0.05) is 46.3 Å². The molecule has 0 aromatic heterocycles. The standard InChI is InChI=1S/C24H22BrFN2O5S2/c25-16-5-10-19(33-14-21(29)27-18-8-6-17(26)7-9-18)15(12-16)13-20-23(32)28(24(34)35-20)11-3-1-2-4-22(30)31/h5-10,12-13H,1-4,11,14H2,(H,27,29)(H,30,31)/b20-13-. The third-order valence-corrected chi connectivity index (χ3v) is 6.76. The number of hydrogen-bond acceptors (Lipinski definition) is 6. The normalized spacial score (nSPS) is 14.5. The molecule has 2 aromatic rings. The third kappa shape index (κ3) is 8.15. The summed E-state index contributed by atoms with van der Waals surface area (Å²) < 4.78 is 19.9. The molecule has 3 rings (SSSR count). The molecule has 0 unspecified atom stereocenters. The van der Waals surface area contributed by atoms with Crippen molar-refractivity contribution >= 4 is 73.8 Å². The zero-order valence-electron chi connectivity index (χ0n) is 18.5. The number of thiocarbonyl (C=S) groups is 1. The van der Waals surface area contributed by atoms with Gasteiger partial charge in [-0.3, -0.25) is 19.3 Å². The summed E-state index contributed by atoms with van der Waals surface area (Å²) in [6.45, 7) is 0.143. The number of carbonyl (C=O) groups is 3. The maximum absolute atomic E-state index is 13.0. The first-order valence-corrected chi connectivity index (χ1v) is 12.7. The van der Waals surface area contributed by atoms with Crippen molar-refractivity contribution < 1.29 is 28.6 Å². The van der Waals surface area contributed by atoms with Gasteiger partial charge in [-0.05, 0) is 61.4 Å². The maximum atomic E-state index is 13.0. The number of carbonyl (C=O) groups excluding carboxylic acids is 2. The molecular weight excluding hydrogens is 559 g/mol. The highest BCUT2D eigenvalue weighted by molar-refractivity contribution is 9.10. The maximum Gasteiger partial charge on any atom is 0.303 e. The van der Waals surface area contributed by atoms with Crippen molar-refractivity contribution in [3.63, 3.8) is 0 Å². The third-order valence-electron chi connectivity index (χ3n) is 4.89. The number of halogens is 2. The van der Waals surface area contributed by atoms with Crippen LogP contribution in [0.5, 0.6) is 5.75 Å². The Kier molecular flexibility index (Phi) is 9.82. The van der Waals surface area contributed by atoms with Gasteiger partial charge in [0.15, 0.2) is 6.61 Å². The van der Waals surface area contributed by atoms with E-state index >= 15 is 0 Å². The van der Waals surface area contributed by atoms with Crippen molar-refractivity contribution in [1.82, 2.24) is 4.90 Å². The molecule has 1 heterocycles. The minimum atomic E-state index is -0.835. The Hall–Kier alpha value is -2.76. The first-order valence-electron chi connectivity index (χ1n) is 10.7. The highest BCUT2D eigenvalue weighted by Gasteiger charge is 2.31. The van der Waals surface area contributed by atoms with E-state index in [0.717, 1.165) is 4.47 Å². The Balaban J connectivity index is 1.63. The van der Waals surface area contributed by atoms with E-state index in [1.807, 2.05) is 0 Å². The van der Waals surface area contributed by atoms with Gasteiger partial charge >= 0.3 is 5.97 Å². The van der Waals surface area contributed by atoms with Gasteiger partial charge < -0.3 is 15.2 Å². The SMILES string of the molecule is O=C(O)CCCCCN1C(=O)/C(=C/c2cc(Br)ccc2OCC(=O)Nc2ccc(F)cc2)SC1=S. The molecule has 1 fully saturated rings. The molecule has 2 amide bonds. The van der Waals surface area contributed by atoms with E-state index in [1.165, 1.54) is 40.9 Å². The van der Waals surface area contributed by atoms with E-state index in [1.54, 1.807) is 24.3 Å². The molecule has 0 bridgehead atoms. The van der Waals surface area contributed by atoms with E-state index in [4.69, 9.17) is 22.1 Å². The zero-order chi connectivity index (χ0) is 25.4. The van der Waals surface area contributed by atoms with E-state index in [-0.39, 0.29) is 18.9 Å². The first kappa shape index (κ1) is 26.8. The molecule has 1 saturated heterocycles. The Morgan fingerprint density at radius 1 is 1.17 bits per heavy atom. The molecule has 1 aliphatic rings. The number of benzene rings is 2. The molecule has 7 nitrogen and oxygen atoms in total. The molecule has 1 aliphatic heterocycles. The van der Waals surface area contributed by atoms with Gasteiger partial charge in [0.05, 0.1) is 4.91 Å². The van der Waals surface area contributed by atoms with Crippen molar-refractivity contribution in [3.8, 4) is 5.75 Å². The largest absolute Gasteiger partial charge is 0.483 e. The van der Waals surface area contributed by atoms with Crippen LogP contribution in [0.4, 0.5) is 10.1 Å². The summed E-state index contributed by atoms with van der Waals surface area (Å²) in [7, 11) is 0. The summed E-state index contributed by atoms with van der Waals surface area (Å²) in [4.78, 5) is 37.7. The number of carboxylic acids is 1. The van der Waals surface area contributed by atoms with E-state index in [0.29, 0.717) is 52.0 Å². The summed E-state index contributed by atoms with van der Waals surface area (Å²) >= 11 is 9.95. The number of carboxylic acid groups (broad SMARTS) is 1. The Morgan fingerprint density at radius 3 is 2.63 bits per heavy atom. The Bertz CT molecular complexity index is 1160. The number of amides is 2. The topological polar surface area (TPSA) is 95.9 Å². The second-order valence-corrected chi connectivity index (χ2v) is 10.2. The predicted molar refractivity (Wildman–Crippen MR) is 141 cm³/mol. The quantitative estimate of drug-likeness (QED) is 0.207. The van der Waals surface area contributed by atoms with Crippen LogP contribution in [-0.2, 0) is 14.4 Å². The number of thioether (sulfide) groups is 1. The summed E-state index contributed by atoms with van der Waals surface area (Å²) in [5, 5.41) is 11.4. The second kappa shape index (κ2) is 12.8. The zero-order valence-corrected chi connectivity index (χ0v) is 21.7. The minimum Gasteiger partial charge on any atom is -0.483 e. The van der Waals surface area contributed by atoms with Gasteiger partial charge in [0.1, 0.15) is 15.9 Å². The van der Waals surface area contributed by atoms with Crippen molar-refractivity contribution in [2.75, 3.05) is 18.5 Å². The molecule has 0 saturated carbocycles. The van der Waals surface area contributed by atoms with Gasteiger partial charge in [-0.25, -0.2) is 4.39 Å². The van der Waals surface area contributed by atoms with Gasteiger partial charge in [-0.2, -0.15) is 0 Å². The number of unbranched alkanes of at least 4 members (excludes halogenated alkanes) is 2. The lowest BCUT2D eigenvalue weighted by Gasteiger charge is -2.14. The molecule has 184 valence electrons. The van der Waals surface area contributed by atoms with Crippen LogP contribution < -0.4 is 10.1 Å². The first-order chi connectivity index (χ1) is 16.7. The van der Waals surface area contributed by atoms with Crippen LogP contribution in [0.25, 0.3) is 6.08 Å². The summed E-state index contributed by atoms with van der Waals surface area (Å²) in [5.41, 5.74) is 1.04. The lowest BCUT2D eigenvalue weighted by atomic mass is 10.1. The van der Waals surface area contributed by atoms with E-state index in [2.05, 4.69) is 21.2 Å². The molecule has 0 spiro atoms. The Labute approximate surface area is 219 Å². The molecule has 0 radical (unpaired) electrons. The summed E-state index contributed by atoms with van der Waals surface area (Å²) in [6.07, 6.45) is 3.66.